The predicted molar refractivity (Wildman–Crippen MR) is 119 cm³/mol. The van der Waals surface area contributed by atoms with E-state index in [1.165, 1.54) is 35.2 Å². The van der Waals surface area contributed by atoms with Gasteiger partial charge < -0.3 is 4.90 Å². The number of nitrogens with one attached hydrogen (secondary N) is 1. The van der Waals surface area contributed by atoms with Crippen LogP contribution in [0.4, 0.5) is 10.1 Å². The number of carbonyl (C=O) groups excluding carboxylic acids is 2. The number of hydrogen-bond acceptors (Lipinski definition) is 4. The normalized spacial score (nSPS) is 12.4. The lowest BCUT2D eigenvalue weighted by atomic mass is 10.0. The van der Waals surface area contributed by atoms with Gasteiger partial charge in [0.1, 0.15) is 11.7 Å². The Morgan fingerprint density at radius 2 is 1.74 bits per heavy atom. The van der Waals surface area contributed by atoms with Crippen LogP contribution in [0.2, 0.25) is 0 Å². The highest BCUT2D eigenvalue weighted by molar-refractivity contribution is 7.93. The fourth-order valence-electron chi connectivity index (χ4n) is 2.84. The summed E-state index contributed by atoms with van der Waals surface area (Å²) in [6, 6.07) is 13.4. The molecule has 0 aromatic heterocycles. The Labute approximate surface area is 181 Å². The van der Waals surface area contributed by atoms with Crippen molar-refractivity contribution < 1.29 is 22.4 Å². The SMILES string of the molecule is C#CCC(C(=O)NS(=O)(=O)C=Cc1ccccc1)C(=O)N(c1ccc(F)cc1)C(C)C. The molecule has 1 atom stereocenters. The molecule has 2 amide bonds. The first-order chi connectivity index (χ1) is 14.6. The molecule has 0 fully saturated rings. The van der Waals surface area contributed by atoms with Gasteiger partial charge in [0.25, 0.3) is 10.0 Å². The molecular weight excluding hydrogens is 419 g/mol. The van der Waals surface area contributed by atoms with Crippen molar-refractivity contribution in [3.63, 3.8) is 0 Å². The Hall–Kier alpha value is -3.44. The molecule has 31 heavy (non-hydrogen) atoms. The predicted octanol–water partition coefficient (Wildman–Crippen LogP) is 3.32. The fourth-order valence-corrected chi connectivity index (χ4v) is 3.66. The topological polar surface area (TPSA) is 83.5 Å². The van der Waals surface area contributed by atoms with Crippen LogP contribution >= 0.6 is 0 Å². The third-order valence-corrected chi connectivity index (χ3v) is 5.26. The van der Waals surface area contributed by atoms with Crippen molar-refractivity contribution >= 4 is 33.6 Å². The molecule has 0 aliphatic heterocycles. The summed E-state index contributed by atoms with van der Waals surface area (Å²) in [6.07, 6.45) is 6.35. The van der Waals surface area contributed by atoms with Crippen molar-refractivity contribution in [2.24, 2.45) is 5.92 Å². The number of nitrogens with zero attached hydrogens (tertiary/aromatic N) is 1. The molecule has 162 valence electrons. The third kappa shape index (κ3) is 6.79. The molecule has 8 heteroatoms. The molecule has 0 aliphatic carbocycles. The van der Waals surface area contributed by atoms with Gasteiger partial charge in [0.05, 0.1) is 5.41 Å². The Balaban J connectivity index is 2.25. The Morgan fingerprint density at radius 3 is 2.29 bits per heavy atom. The second kappa shape index (κ2) is 10.5. The van der Waals surface area contributed by atoms with Crippen molar-refractivity contribution in [1.82, 2.24) is 4.72 Å². The average molecular weight is 443 g/mol. The third-order valence-electron chi connectivity index (χ3n) is 4.28. The van der Waals surface area contributed by atoms with Crippen LogP contribution in [-0.2, 0) is 19.6 Å². The van der Waals surface area contributed by atoms with E-state index in [-0.39, 0.29) is 12.5 Å². The lowest BCUT2D eigenvalue weighted by Crippen LogP contribution is -2.47. The van der Waals surface area contributed by atoms with E-state index in [1.807, 2.05) is 4.72 Å². The van der Waals surface area contributed by atoms with Crippen LogP contribution in [0.1, 0.15) is 25.8 Å². The maximum absolute atomic E-state index is 13.3. The number of benzene rings is 2. The standard InChI is InChI=1S/C23H23FN2O4S/c1-4-8-21(23(28)26(17(2)3)20-13-11-19(24)12-14-20)22(27)25-31(29,30)16-15-18-9-6-5-7-10-18/h1,5-7,9-17,21H,8H2,2-3H3,(H,25,27). The van der Waals surface area contributed by atoms with Crippen molar-refractivity contribution in [3.8, 4) is 12.3 Å². The zero-order chi connectivity index (χ0) is 23.0. The summed E-state index contributed by atoms with van der Waals surface area (Å²) in [5.41, 5.74) is 0.988. The van der Waals surface area contributed by atoms with Gasteiger partial charge in [-0.2, -0.15) is 0 Å². The fraction of sp³-hybridized carbons (Fsp3) is 0.217. The lowest BCUT2D eigenvalue weighted by Gasteiger charge is -2.29. The molecule has 2 aromatic carbocycles. The van der Waals surface area contributed by atoms with Gasteiger partial charge in [-0.1, -0.05) is 30.3 Å². The first-order valence-electron chi connectivity index (χ1n) is 9.46. The van der Waals surface area contributed by atoms with E-state index in [2.05, 4.69) is 5.92 Å². The van der Waals surface area contributed by atoms with Gasteiger partial charge in [-0.25, -0.2) is 17.5 Å². The highest BCUT2D eigenvalue weighted by atomic mass is 32.2. The zero-order valence-electron chi connectivity index (χ0n) is 17.2. The van der Waals surface area contributed by atoms with Crippen molar-refractivity contribution in [2.45, 2.75) is 26.3 Å². The van der Waals surface area contributed by atoms with E-state index < -0.39 is 33.6 Å². The monoisotopic (exact) mass is 442 g/mol. The summed E-state index contributed by atoms with van der Waals surface area (Å²) >= 11 is 0. The van der Waals surface area contributed by atoms with E-state index in [9.17, 15) is 22.4 Å². The van der Waals surface area contributed by atoms with E-state index in [0.717, 1.165) is 5.41 Å². The molecule has 1 unspecified atom stereocenters. The Morgan fingerprint density at radius 1 is 1.13 bits per heavy atom. The molecule has 1 N–H and O–H groups in total. The largest absolute Gasteiger partial charge is 0.309 e. The number of halogens is 1. The average Bonchev–Trinajstić information content (AvgIpc) is 2.72. The summed E-state index contributed by atoms with van der Waals surface area (Å²) in [5, 5.41) is 0.845. The second-order valence-electron chi connectivity index (χ2n) is 6.96. The molecule has 6 nitrogen and oxygen atoms in total. The van der Waals surface area contributed by atoms with Crippen LogP contribution in [0.5, 0.6) is 0 Å². The summed E-state index contributed by atoms with van der Waals surface area (Å²) < 4.78 is 39.8. The Bertz CT molecular complexity index is 1090. The maximum atomic E-state index is 13.3. The number of hydrogen-bond donors (Lipinski definition) is 1. The first-order valence-corrected chi connectivity index (χ1v) is 11.0. The minimum absolute atomic E-state index is 0.299. The molecule has 0 heterocycles. The Kier molecular flexibility index (Phi) is 8.11. The second-order valence-corrected chi connectivity index (χ2v) is 8.53. The number of terminal acetylenes is 1. The van der Waals surface area contributed by atoms with Crippen molar-refractivity contribution in [3.05, 3.63) is 71.4 Å². The van der Waals surface area contributed by atoms with Gasteiger partial charge in [-0.3, -0.25) is 9.59 Å². The maximum Gasteiger partial charge on any atom is 0.257 e. The van der Waals surface area contributed by atoms with Gasteiger partial charge >= 0.3 is 0 Å². The van der Waals surface area contributed by atoms with Gasteiger partial charge in [-0.05, 0) is 49.8 Å². The molecule has 0 aliphatic rings. The number of amides is 2. The summed E-state index contributed by atoms with van der Waals surface area (Å²) in [4.78, 5) is 27.1. The number of sulfonamides is 1. The minimum Gasteiger partial charge on any atom is -0.309 e. The van der Waals surface area contributed by atoms with Gasteiger partial charge in [-0.15, -0.1) is 12.3 Å². The van der Waals surface area contributed by atoms with Gasteiger partial charge in [0.15, 0.2) is 0 Å². The minimum atomic E-state index is -4.16. The van der Waals surface area contributed by atoms with E-state index in [4.69, 9.17) is 6.42 Å². The van der Waals surface area contributed by atoms with Crippen LogP contribution in [0.25, 0.3) is 6.08 Å². The molecule has 0 bridgehead atoms. The van der Waals surface area contributed by atoms with E-state index in [0.29, 0.717) is 11.3 Å². The van der Waals surface area contributed by atoms with Crippen LogP contribution < -0.4 is 9.62 Å². The molecule has 0 radical (unpaired) electrons. The molecule has 2 rings (SSSR count). The first kappa shape index (κ1) is 23.8. The molecular formula is C23H23FN2O4S. The van der Waals surface area contributed by atoms with Crippen LogP contribution in [0, 0.1) is 24.1 Å². The highest BCUT2D eigenvalue weighted by Gasteiger charge is 2.33. The molecule has 0 saturated carbocycles. The summed E-state index contributed by atoms with van der Waals surface area (Å²) in [5.74, 6) is -1.38. The summed E-state index contributed by atoms with van der Waals surface area (Å²) in [6.45, 7) is 3.43. The number of carbonyl (C=O) groups is 2. The highest BCUT2D eigenvalue weighted by Crippen LogP contribution is 2.22. The molecule has 0 spiro atoms. The van der Waals surface area contributed by atoms with Gasteiger partial charge in [0, 0.05) is 18.2 Å². The zero-order valence-corrected chi connectivity index (χ0v) is 18.0. The lowest BCUT2D eigenvalue weighted by molar-refractivity contribution is -0.132. The van der Waals surface area contributed by atoms with E-state index in [1.54, 1.807) is 44.2 Å². The van der Waals surface area contributed by atoms with Crippen LogP contribution in [0.15, 0.2) is 60.0 Å². The van der Waals surface area contributed by atoms with Gasteiger partial charge in [0.2, 0.25) is 11.8 Å². The van der Waals surface area contributed by atoms with Crippen molar-refractivity contribution in [2.75, 3.05) is 4.90 Å². The van der Waals surface area contributed by atoms with Crippen LogP contribution in [0.3, 0.4) is 0 Å². The van der Waals surface area contributed by atoms with Crippen LogP contribution in [-0.4, -0.2) is 26.3 Å². The van der Waals surface area contributed by atoms with E-state index >= 15 is 0 Å². The smallest absolute Gasteiger partial charge is 0.257 e. The molecule has 0 saturated heterocycles. The number of rotatable bonds is 8. The summed E-state index contributed by atoms with van der Waals surface area (Å²) in [7, 11) is -4.16. The number of anilines is 1. The molecule has 2 aromatic rings. The van der Waals surface area contributed by atoms with Crippen molar-refractivity contribution in [1.29, 1.82) is 0 Å². The quantitative estimate of drug-likeness (QED) is 0.502.